The summed E-state index contributed by atoms with van der Waals surface area (Å²) in [6.45, 7) is 5.66. The van der Waals surface area contributed by atoms with Gasteiger partial charge < -0.3 is 28.4 Å². The van der Waals surface area contributed by atoms with Gasteiger partial charge in [-0.2, -0.15) is 0 Å². The summed E-state index contributed by atoms with van der Waals surface area (Å²) >= 11 is 0. The van der Waals surface area contributed by atoms with Crippen LogP contribution in [0.4, 0.5) is 25.2 Å². The van der Waals surface area contributed by atoms with E-state index in [2.05, 4.69) is 36.4 Å². The molecule has 0 aromatic heterocycles. The molecule has 0 saturated heterocycles. The molecule has 56 heavy (non-hydrogen) atoms. The first-order chi connectivity index (χ1) is 26.4. The molecular formula is C42H39F6O6PS. The Hall–Kier alpha value is -5.52. The van der Waals surface area contributed by atoms with E-state index in [4.69, 9.17) is 28.4 Å². The third-order valence-electron chi connectivity index (χ3n) is 7.22. The van der Waals surface area contributed by atoms with E-state index < -0.39 is 37.6 Å². The molecule has 0 heterocycles. The minimum absolute atomic E-state index is 0.432. The summed E-state index contributed by atoms with van der Waals surface area (Å²) in [5, 5.41) is 0. The van der Waals surface area contributed by atoms with Gasteiger partial charge in [-0.15, -0.1) is 0 Å². The molecule has 3 atom stereocenters. The van der Waals surface area contributed by atoms with E-state index in [1.54, 1.807) is 0 Å². The summed E-state index contributed by atoms with van der Waals surface area (Å²) in [5.41, 5.74) is 0. The molecule has 296 valence electrons. The van der Waals surface area contributed by atoms with Crippen molar-refractivity contribution in [1.82, 2.24) is 0 Å². The van der Waals surface area contributed by atoms with Gasteiger partial charge in [0.15, 0.2) is 14.7 Å². The fraction of sp³-hybridized carbons (Fsp3) is 0.143. The molecule has 6 nitrogen and oxygen atoms in total. The van der Waals surface area contributed by atoms with Crippen molar-refractivity contribution in [3.63, 3.8) is 0 Å². The summed E-state index contributed by atoms with van der Waals surface area (Å²) in [6, 6.07) is 53.5. The van der Waals surface area contributed by atoms with E-state index in [-0.39, 0.29) is 0 Å². The van der Waals surface area contributed by atoms with Gasteiger partial charge in [-0.25, -0.2) is 0 Å². The molecule has 3 unspecified atom stereocenters. The van der Waals surface area contributed by atoms with Crippen LogP contribution in [0, 0.1) is 0 Å². The van der Waals surface area contributed by atoms with Crippen molar-refractivity contribution < 1.29 is 53.6 Å². The van der Waals surface area contributed by atoms with Gasteiger partial charge in [0, 0.05) is 20.8 Å². The number of hydrogen-bond acceptors (Lipinski definition) is 6. The van der Waals surface area contributed by atoms with Crippen LogP contribution in [-0.2, 0) is 10.9 Å². The molecule has 0 N–H and O–H groups in total. The van der Waals surface area contributed by atoms with Crippen molar-refractivity contribution in [3.05, 3.63) is 164 Å². The molecule has 0 fully saturated rings. The second-order valence-corrected chi connectivity index (χ2v) is 16.0. The molecule has 0 spiro atoms. The van der Waals surface area contributed by atoms with E-state index >= 15 is 0 Å². The maximum absolute atomic E-state index is 10.7. The van der Waals surface area contributed by atoms with Gasteiger partial charge in [-0.05, 0) is 109 Å². The Balaban J connectivity index is 0.000000784. The molecule has 0 bridgehead atoms. The van der Waals surface area contributed by atoms with E-state index in [0.29, 0.717) is 0 Å². The van der Waals surface area contributed by atoms with E-state index in [9.17, 15) is 25.2 Å². The summed E-state index contributed by atoms with van der Waals surface area (Å²) in [5.74, 6) is 4.45. The average Bonchev–Trinajstić information content (AvgIpc) is 3.14. The van der Waals surface area contributed by atoms with Crippen LogP contribution in [-0.4, -0.2) is 18.9 Å². The van der Waals surface area contributed by atoms with Crippen molar-refractivity contribution in [1.29, 1.82) is 0 Å². The van der Waals surface area contributed by atoms with Gasteiger partial charge in [0.05, 0.1) is 10.9 Å². The third-order valence-corrected chi connectivity index (χ3v) is 9.45. The maximum atomic E-state index is 9.87. The van der Waals surface area contributed by atoms with Gasteiger partial charge in [-0.3, -0.25) is 0 Å². The van der Waals surface area contributed by atoms with Crippen LogP contribution < -0.4 is 28.4 Å². The number of para-hydroxylation sites is 3. The molecule has 0 aliphatic heterocycles. The monoisotopic (exact) mass is 816 g/mol. The fourth-order valence-electron chi connectivity index (χ4n) is 5.09. The Kier molecular flexibility index (Phi) is 13.0. The van der Waals surface area contributed by atoms with Crippen LogP contribution in [0.25, 0.3) is 0 Å². The molecule has 0 saturated carbocycles. The number of hydrogen-bond donors (Lipinski definition) is 0. The molecule has 14 heteroatoms. The van der Waals surface area contributed by atoms with E-state index in [1.165, 1.54) is 0 Å². The number of rotatable bonds is 15. The average molecular weight is 817 g/mol. The Bertz CT molecular complexity index is 1850. The van der Waals surface area contributed by atoms with Crippen LogP contribution >= 0.6 is 7.81 Å². The van der Waals surface area contributed by atoms with E-state index in [0.717, 1.165) is 49.2 Å². The SMILES string of the molecule is CC(Oc1ccccc1)Oc1ccc([S+](c2ccc(OC(C)Oc3ccccc3)cc2)c2ccc(OC(C)Oc3ccccc3)cc2)cc1.F[P-](F)(F)(F)(F)F. The van der Waals surface area contributed by atoms with Crippen molar-refractivity contribution >= 4 is 18.7 Å². The molecule has 0 radical (unpaired) electrons. The Morgan fingerprint density at radius 1 is 0.321 bits per heavy atom. The topological polar surface area (TPSA) is 55.4 Å². The van der Waals surface area contributed by atoms with Gasteiger partial charge in [0.1, 0.15) is 34.5 Å². The van der Waals surface area contributed by atoms with Crippen molar-refractivity contribution in [3.8, 4) is 34.5 Å². The van der Waals surface area contributed by atoms with Gasteiger partial charge >= 0.3 is 33.0 Å². The zero-order chi connectivity index (χ0) is 40.2. The zero-order valence-corrected chi connectivity index (χ0v) is 32.1. The van der Waals surface area contributed by atoms with Crippen molar-refractivity contribution in [2.75, 3.05) is 0 Å². The van der Waals surface area contributed by atoms with Crippen LogP contribution in [0.15, 0.2) is 178 Å². The Labute approximate surface area is 324 Å². The first kappa shape index (κ1) is 41.6. The molecule has 6 aromatic rings. The normalized spacial score (nSPS) is 14.5. The van der Waals surface area contributed by atoms with Gasteiger partial charge in [0.25, 0.3) is 0 Å². The second-order valence-electron chi connectivity index (χ2n) is 12.0. The van der Waals surface area contributed by atoms with Crippen LogP contribution in [0.5, 0.6) is 34.5 Å². The molecule has 6 rings (SSSR count). The van der Waals surface area contributed by atoms with Crippen LogP contribution in [0.1, 0.15) is 20.8 Å². The van der Waals surface area contributed by atoms with Crippen molar-refractivity contribution in [2.45, 2.75) is 54.3 Å². The van der Waals surface area contributed by atoms with Crippen LogP contribution in [0.3, 0.4) is 0 Å². The standard InChI is InChI=1S/C42H39O6S.F6P/c1-31(43-34-13-7-4-8-14-34)46-37-19-25-40(26-20-37)49(41-27-21-38(22-28-41)47-32(2)44-35-15-9-5-10-16-35)42-29-23-39(24-30-42)48-33(3)45-36-17-11-6-12-18-36;1-7(2,3,4,5)6/h4-33H,1-3H3;/q+1;-1. The van der Waals surface area contributed by atoms with E-state index in [1.807, 2.05) is 148 Å². The third kappa shape index (κ3) is 15.3. The zero-order valence-electron chi connectivity index (χ0n) is 30.4. The predicted molar refractivity (Wildman–Crippen MR) is 207 cm³/mol. The summed E-state index contributed by atoms with van der Waals surface area (Å²) in [4.78, 5) is 3.40. The number of benzene rings is 6. The first-order valence-electron chi connectivity index (χ1n) is 17.2. The summed E-state index contributed by atoms with van der Waals surface area (Å²) in [6.07, 6.45) is -1.35. The Morgan fingerprint density at radius 3 is 0.696 bits per heavy atom. The fourth-order valence-corrected chi connectivity index (χ4v) is 7.13. The predicted octanol–water partition coefficient (Wildman–Crippen LogP) is 13.6. The summed E-state index contributed by atoms with van der Waals surface area (Å²) < 4.78 is 95.2. The van der Waals surface area contributed by atoms with Crippen LogP contribution in [0.2, 0.25) is 0 Å². The first-order valence-corrected chi connectivity index (χ1v) is 20.4. The molecule has 0 aliphatic rings. The molecule has 0 amide bonds. The number of ether oxygens (including phenoxy) is 6. The number of halogens is 6. The molecule has 6 aromatic carbocycles. The second kappa shape index (κ2) is 17.5. The minimum atomic E-state index is -10.7. The van der Waals surface area contributed by atoms with Crippen molar-refractivity contribution in [2.24, 2.45) is 0 Å². The summed E-state index contributed by atoms with van der Waals surface area (Å²) in [7, 11) is -11.1. The quantitative estimate of drug-likeness (QED) is 0.0445. The Morgan fingerprint density at radius 2 is 0.500 bits per heavy atom. The molecular weight excluding hydrogens is 777 g/mol. The molecule has 0 aliphatic carbocycles. The van der Waals surface area contributed by atoms with Gasteiger partial charge in [0.2, 0.25) is 18.9 Å². The van der Waals surface area contributed by atoms with Gasteiger partial charge in [-0.1, -0.05) is 54.6 Å².